The molecule has 0 bridgehead atoms. The molecule has 1 aromatic heterocycles. The number of sulfonamides is 1. The van der Waals surface area contributed by atoms with E-state index in [1.165, 1.54) is 11.9 Å². The highest BCUT2D eigenvalue weighted by Crippen LogP contribution is 2.45. The van der Waals surface area contributed by atoms with Crippen molar-refractivity contribution in [2.75, 3.05) is 46.2 Å². The predicted octanol–water partition coefficient (Wildman–Crippen LogP) is 1.48. The molecular weight excluding hydrogens is 453 g/mol. The Morgan fingerprint density at radius 1 is 1.34 bits per heavy atom. The van der Waals surface area contributed by atoms with Gasteiger partial charge in [-0.25, -0.2) is 17.5 Å². The van der Waals surface area contributed by atoms with Gasteiger partial charge in [0.1, 0.15) is 0 Å². The number of nitrogens with zero attached hydrogens (tertiary/aromatic N) is 4. The molecule has 13 heteroatoms. The van der Waals surface area contributed by atoms with Crippen molar-refractivity contribution < 1.29 is 36.2 Å². The van der Waals surface area contributed by atoms with Crippen LogP contribution in [0.4, 0.5) is 13.2 Å². The molecule has 2 aliphatic rings. The minimum Gasteiger partial charge on any atom is -0.475 e. The average molecular weight is 485 g/mol. The molecule has 1 aromatic rings. The number of alkyl halides is 3. The Labute approximate surface area is 186 Å². The van der Waals surface area contributed by atoms with Crippen molar-refractivity contribution in [3.8, 4) is 0 Å². The molecule has 9 nitrogen and oxygen atoms in total. The zero-order valence-electron chi connectivity index (χ0n) is 18.7. The second kappa shape index (κ2) is 10.1. The maximum atomic E-state index is 12.0. The minimum absolute atomic E-state index is 0.0535. The van der Waals surface area contributed by atoms with E-state index in [9.17, 15) is 21.6 Å². The van der Waals surface area contributed by atoms with E-state index in [-0.39, 0.29) is 11.3 Å². The standard InChI is InChI=1S/C17H30N4O3S.C2HF3O2/c1-14-9-16(19(2)18-14)11-20-7-5-17(6-8-20)13-21(25(4,22)23)10-15(17)12-24-3;3-2(4,5)1(6)7/h9,15H,5-8,10-13H2,1-4H3;(H,6,7). The van der Waals surface area contributed by atoms with Crippen molar-refractivity contribution in [3.63, 3.8) is 0 Å². The normalized spacial score (nSPS) is 22.0. The number of carbonyl (C=O) groups is 1. The van der Waals surface area contributed by atoms with E-state index < -0.39 is 22.2 Å². The molecule has 32 heavy (non-hydrogen) atoms. The van der Waals surface area contributed by atoms with Gasteiger partial charge in [-0.3, -0.25) is 9.58 Å². The Bertz CT molecular complexity index is 895. The molecule has 184 valence electrons. The van der Waals surface area contributed by atoms with Crippen molar-refractivity contribution in [2.24, 2.45) is 18.4 Å². The average Bonchev–Trinajstić information content (AvgIpc) is 3.17. The molecule has 3 rings (SSSR count). The fraction of sp³-hybridized carbons (Fsp3) is 0.789. The second-order valence-electron chi connectivity index (χ2n) is 8.55. The van der Waals surface area contributed by atoms with Gasteiger partial charge in [0, 0.05) is 39.7 Å². The summed E-state index contributed by atoms with van der Waals surface area (Å²) in [5.41, 5.74) is 2.33. The van der Waals surface area contributed by atoms with Crippen LogP contribution in [0, 0.1) is 18.3 Å². The number of piperidine rings is 1. The Hall–Kier alpha value is -1.70. The van der Waals surface area contributed by atoms with Gasteiger partial charge in [0.2, 0.25) is 10.0 Å². The predicted molar refractivity (Wildman–Crippen MR) is 110 cm³/mol. The number of hydrogen-bond acceptors (Lipinski definition) is 6. The van der Waals surface area contributed by atoms with Crippen LogP contribution in [0.3, 0.4) is 0 Å². The van der Waals surface area contributed by atoms with Crippen LogP contribution in [0.5, 0.6) is 0 Å². The number of ether oxygens (including phenoxy) is 1. The zero-order valence-corrected chi connectivity index (χ0v) is 19.5. The third-order valence-electron chi connectivity index (χ3n) is 6.20. The molecule has 1 atom stereocenters. The van der Waals surface area contributed by atoms with Crippen LogP contribution in [0.15, 0.2) is 6.07 Å². The summed E-state index contributed by atoms with van der Waals surface area (Å²) in [4.78, 5) is 11.3. The van der Waals surface area contributed by atoms with E-state index in [0.717, 1.165) is 38.2 Å². The van der Waals surface area contributed by atoms with Crippen LogP contribution in [0.1, 0.15) is 24.2 Å². The molecule has 1 N–H and O–H groups in total. The van der Waals surface area contributed by atoms with E-state index in [4.69, 9.17) is 14.6 Å². The van der Waals surface area contributed by atoms with Gasteiger partial charge in [0.05, 0.1) is 24.3 Å². The lowest BCUT2D eigenvalue weighted by molar-refractivity contribution is -0.192. The number of hydrogen-bond donors (Lipinski definition) is 1. The Morgan fingerprint density at radius 2 is 1.91 bits per heavy atom. The van der Waals surface area contributed by atoms with Crippen LogP contribution in [-0.4, -0.2) is 90.8 Å². The van der Waals surface area contributed by atoms with Gasteiger partial charge in [-0.2, -0.15) is 18.3 Å². The van der Waals surface area contributed by atoms with Gasteiger partial charge in [0.15, 0.2) is 0 Å². The third-order valence-corrected chi connectivity index (χ3v) is 7.41. The SMILES string of the molecule is COCC1CN(S(C)(=O)=O)CC12CCN(Cc1cc(C)nn1C)CC2.O=C(O)C(F)(F)F. The maximum absolute atomic E-state index is 12.0. The van der Waals surface area contributed by atoms with Crippen molar-refractivity contribution in [1.82, 2.24) is 19.0 Å². The van der Waals surface area contributed by atoms with Crippen LogP contribution in [-0.2, 0) is 33.1 Å². The lowest BCUT2D eigenvalue weighted by Crippen LogP contribution is -2.45. The maximum Gasteiger partial charge on any atom is 0.490 e. The molecule has 2 fully saturated rings. The topological polar surface area (TPSA) is 105 Å². The summed E-state index contributed by atoms with van der Waals surface area (Å²) in [6, 6.07) is 2.14. The number of rotatable bonds is 5. The van der Waals surface area contributed by atoms with Gasteiger partial charge < -0.3 is 9.84 Å². The lowest BCUT2D eigenvalue weighted by Gasteiger charge is -2.42. The van der Waals surface area contributed by atoms with Crippen LogP contribution < -0.4 is 0 Å². The molecule has 2 aliphatic heterocycles. The monoisotopic (exact) mass is 484 g/mol. The molecule has 1 spiro atoms. The number of aryl methyl sites for hydroxylation is 2. The molecule has 3 heterocycles. The summed E-state index contributed by atoms with van der Waals surface area (Å²) in [5.74, 6) is -2.47. The van der Waals surface area contributed by atoms with Crippen LogP contribution in [0.2, 0.25) is 0 Å². The quantitative estimate of drug-likeness (QED) is 0.675. The fourth-order valence-corrected chi connectivity index (χ4v) is 5.37. The number of aliphatic carboxylic acids is 1. The minimum atomic E-state index is -5.08. The third kappa shape index (κ3) is 6.65. The zero-order chi connectivity index (χ0) is 24.3. The van der Waals surface area contributed by atoms with Crippen molar-refractivity contribution in [1.29, 1.82) is 0 Å². The number of carboxylic acids is 1. The Balaban J connectivity index is 0.000000451. The summed E-state index contributed by atoms with van der Waals surface area (Å²) in [6.07, 6.45) is -1.73. The van der Waals surface area contributed by atoms with E-state index in [2.05, 4.69) is 16.1 Å². The second-order valence-corrected chi connectivity index (χ2v) is 10.5. The van der Waals surface area contributed by atoms with E-state index in [0.29, 0.717) is 19.7 Å². The fourth-order valence-electron chi connectivity index (χ4n) is 4.43. The smallest absolute Gasteiger partial charge is 0.475 e. The highest BCUT2D eigenvalue weighted by molar-refractivity contribution is 7.88. The lowest BCUT2D eigenvalue weighted by atomic mass is 9.71. The first-order chi connectivity index (χ1) is 14.7. The molecule has 0 radical (unpaired) electrons. The van der Waals surface area contributed by atoms with E-state index in [1.807, 2.05) is 18.7 Å². The van der Waals surface area contributed by atoms with Crippen molar-refractivity contribution >= 4 is 16.0 Å². The number of aromatic nitrogens is 2. The number of carboxylic acid groups (broad SMARTS) is 1. The van der Waals surface area contributed by atoms with Gasteiger partial charge in [-0.15, -0.1) is 0 Å². The molecule has 1 unspecified atom stereocenters. The summed E-state index contributed by atoms with van der Waals surface area (Å²) in [5, 5.41) is 11.5. The number of halogens is 3. The van der Waals surface area contributed by atoms with Crippen molar-refractivity contribution in [3.05, 3.63) is 17.5 Å². The number of methoxy groups -OCH3 is 1. The molecule has 2 saturated heterocycles. The Morgan fingerprint density at radius 3 is 2.31 bits per heavy atom. The van der Waals surface area contributed by atoms with Crippen LogP contribution in [0.25, 0.3) is 0 Å². The molecule has 0 saturated carbocycles. The first-order valence-corrected chi connectivity index (χ1v) is 12.0. The van der Waals surface area contributed by atoms with Crippen LogP contribution >= 0.6 is 0 Å². The van der Waals surface area contributed by atoms with E-state index in [1.54, 1.807) is 11.4 Å². The number of likely N-dealkylation sites (tertiary alicyclic amines) is 1. The van der Waals surface area contributed by atoms with Crippen molar-refractivity contribution in [2.45, 2.75) is 32.5 Å². The summed E-state index contributed by atoms with van der Waals surface area (Å²) < 4.78 is 64.8. The Kier molecular flexibility index (Phi) is 8.35. The first kappa shape index (κ1) is 26.6. The largest absolute Gasteiger partial charge is 0.490 e. The van der Waals surface area contributed by atoms with Gasteiger partial charge in [0.25, 0.3) is 0 Å². The molecule has 0 amide bonds. The van der Waals surface area contributed by atoms with Gasteiger partial charge >= 0.3 is 12.1 Å². The molecule has 0 aliphatic carbocycles. The summed E-state index contributed by atoms with van der Waals surface area (Å²) >= 11 is 0. The highest BCUT2D eigenvalue weighted by Gasteiger charge is 2.50. The van der Waals surface area contributed by atoms with E-state index >= 15 is 0 Å². The summed E-state index contributed by atoms with van der Waals surface area (Å²) in [6.45, 7) is 6.75. The highest BCUT2D eigenvalue weighted by atomic mass is 32.2. The first-order valence-electron chi connectivity index (χ1n) is 10.1. The van der Waals surface area contributed by atoms with Gasteiger partial charge in [-0.05, 0) is 44.3 Å². The molecular formula is C19H31F3N4O5S. The van der Waals surface area contributed by atoms with Gasteiger partial charge in [-0.1, -0.05) is 0 Å². The molecule has 0 aromatic carbocycles. The summed E-state index contributed by atoms with van der Waals surface area (Å²) in [7, 11) is 0.553.